The van der Waals surface area contributed by atoms with E-state index in [9.17, 15) is 18.0 Å². The van der Waals surface area contributed by atoms with E-state index in [1.54, 1.807) is 48.2 Å². The van der Waals surface area contributed by atoms with Crippen LogP contribution in [0.2, 0.25) is 0 Å². The molecule has 1 fully saturated rings. The molecule has 0 bridgehead atoms. The fraction of sp³-hybridized carbons (Fsp3) is 0.391. The minimum absolute atomic E-state index is 0.120. The SMILES string of the molecule is CCCNC(=O)[C@H]1CCCN1C(=O)c1ccc(NS(=O)(=O)c2cc(C)ccc2C)cc1. The van der Waals surface area contributed by atoms with Gasteiger partial charge in [-0.15, -0.1) is 0 Å². The molecule has 2 aromatic carbocycles. The third kappa shape index (κ3) is 5.25. The molecule has 0 aromatic heterocycles. The zero-order valence-corrected chi connectivity index (χ0v) is 19.0. The molecule has 0 spiro atoms. The van der Waals surface area contributed by atoms with Crippen LogP contribution in [-0.2, 0) is 14.8 Å². The summed E-state index contributed by atoms with van der Waals surface area (Å²) in [6.07, 6.45) is 2.27. The normalized spacial score (nSPS) is 16.2. The molecule has 1 aliphatic heterocycles. The van der Waals surface area contributed by atoms with Crippen LogP contribution < -0.4 is 10.0 Å². The van der Waals surface area contributed by atoms with Crippen molar-refractivity contribution in [2.75, 3.05) is 17.8 Å². The van der Waals surface area contributed by atoms with E-state index < -0.39 is 16.1 Å². The molecule has 3 rings (SSSR count). The summed E-state index contributed by atoms with van der Waals surface area (Å²) in [5, 5.41) is 2.86. The number of sulfonamides is 1. The minimum Gasteiger partial charge on any atom is -0.354 e. The molecule has 0 saturated carbocycles. The van der Waals surface area contributed by atoms with Crippen molar-refractivity contribution in [2.24, 2.45) is 0 Å². The molecule has 166 valence electrons. The molecule has 1 atom stereocenters. The molecule has 0 aliphatic carbocycles. The smallest absolute Gasteiger partial charge is 0.262 e. The minimum atomic E-state index is -3.74. The summed E-state index contributed by atoms with van der Waals surface area (Å²) in [6, 6.07) is 11.1. The molecule has 8 heteroatoms. The lowest BCUT2D eigenvalue weighted by Gasteiger charge is -2.24. The second kappa shape index (κ2) is 9.51. The second-order valence-electron chi connectivity index (χ2n) is 7.90. The molecule has 2 aromatic rings. The van der Waals surface area contributed by atoms with Gasteiger partial charge < -0.3 is 10.2 Å². The number of nitrogens with zero attached hydrogens (tertiary/aromatic N) is 1. The van der Waals surface area contributed by atoms with Gasteiger partial charge in [0.1, 0.15) is 6.04 Å². The van der Waals surface area contributed by atoms with Crippen molar-refractivity contribution < 1.29 is 18.0 Å². The third-order valence-electron chi connectivity index (χ3n) is 5.38. The molecule has 2 N–H and O–H groups in total. The second-order valence-corrected chi connectivity index (χ2v) is 9.55. The maximum Gasteiger partial charge on any atom is 0.262 e. The Labute approximate surface area is 183 Å². The number of nitrogens with one attached hydrogen (secondary N) is 2. The van der Waals surface area contributed by atoms with E-state index in [1.807, 2.05) is 19.9 Å². The van der Waals surface area contributed by atoms with E-state index in [4.69, 9.17) is 0 Å². The van der Waals surface area contributed by atoms with Crippen LogP contribution in [0, 0.1) is 13.8 Å². The predicted molar refractivity (Wildman–Crippen MR) is 121 cm³/mol. The van der Waals surface area contributed by atoms with Crippen molar-refractivity contribution >= 4 is 27.5 Å². The van der Waals surface area contributed by atoms with Gasteiger partial charge in [0.25, 0.3) is 15.9 Å². The lowest BCUT2D eigenvalue weighted by Crippen LogP contribution is -2.46. The molecular weight excluding hydrogens is 414 g/mol. The van der Waals surface area contributed by atoms with Gasteiger partial charge in [-0.1, -0.05) is 19.1 Å². The van der Waals surface area contributed by atoms with Crippen LogP contribution in [-0.4, -0.2) is 44.3 Å². The first-order valence-electron chi connectivity index (χ1n) is 10.5. The Bertz CT molecular complexity index is 1060. The van der Waals surface area contributed by atoms with Gasteiger partial charge in [-0.2, -0.15) is 0 Å². The van der Waals surface area contributed by atoms with Crippen molar-refractivity contribution in [3.05, 3.63) is 59.2 Å². The zero-order chi connectivity index (χ0) is 22.6. The maximum atomic E-state index is 12.9. The number of carbonyl (C=O) groups excluding carboxylic acids is 2. The summed E-state index contributed by atoms with van der Waals surface area (Å²) in [6.45, 7) is 6.69. The number of amides is 2. The molecule has 1 saturated heterocycles. The van der Waals surface area contributed by atoms with Gasteiger partial charge in [-0.3, -0.25) is 14.3 Å². The summed E-state index contributed by atoms with van der Waals surface area (Å²) in [7, 11) is -3.74. The van der Waals surface area contributed by atoms with E-state index in [2.05, 4.69) is 10.0 Å². The van der Waals surface area contributed by atoms with Crippen molar-refractivity contribution in [3.8, 4) is 0 Å². The molecule has 31 heavy (non-hydrogen) atoms. The van der Waals surface area contributed by atoms with Crippen molar-refractivity contribution in [3.63, 3.8) is 0 Å². The van der Waals surface area contributed by atoms with Crippen molar-refractivity contribution in [1.82, 2.24) is 10.2 Å². The van der Waals surface area contributed by atoms with Crippen molar-refractivity contribution in [1.29, 1.82) is 0 Å². The van der Waals surface area contributed by atoms with E-state index in [-0.39, 0.29) is 16.7 Å². The Morgan fingerprint density at radius 3 is 2.48 bits per heavy atom. The number of benzene rings is 2. The summed E-state index contributed by atoms with van der Waals surface area (Å²) in [5.74, 6) is -0.344. The van der Waals surface area contributed by atoms with Crippen molar-refractivity contribution in [2.45, 2.75) is 51.0 Å². The summed E-state index contributed by atoms with van der Waals surface area (Å²) in [4.78, 5) is 27.1. The molecule has 2 amide bonds. The van der Waals surface area contributed by atoms with Gasteiger partial charge in [-0.25, -0.2) is 8.42 Å². The van der Waals surface area contributed by atoms with Crippen LogP contribution in [0.4, 0.5) is 5.69 Å². The van der Waals surface area contributed by atoms with Crippen LogP contribution in [0.1, 0.15) is 47.7 Å². The number of anilines is 1. The summed E-state index contributed by atoms with van der Waals surface area (Å²) in [5.41, 5.74) is 2.31. The number of rotatable bonds is 7. The fourth-order valence-corrected chi connectivity index (χ4v) is 5.09. The summed E-state index contributed by atoms with van der Waals surface area (Å²) >= 11 is 0. The first kappa shape index (κ1) is 22.8. The Balaban J connectivity index is 1.73. The van der Waals surface area contributed by atoms with Gasteiger partial charge in [0, 0.05) is 24.3 Å². The molecule has 0 unspecified atom stereocenters. The number of carbonyl (C=O) groups is 2. The Morgan fingerprint density at radius 1 is 1.10 bits per heavy atom. The van der Waals surface area contributed by atoms with Gasteiger partial charge >= 0.3 is 0 Å². The largest absolute Gasteiger partial charge is 0.354 e. The molecule has 0 radical (unpaired) electrons. The Kier molecular flexibility index (Phi) is 7.00. The Hall–Kier alpha value is -2.87. The predicted octanol–water partition coefficient (Wildman–Crippen LogP) is 3.24. The first-order chi connectivity index (χ1) is 14.7. The van der Waals surface area contributed by atoms with E-state index in [1.165, 1.54) is 0 Å². The number of likely N-dealkylation sites (tertiary alicyclic amines) is 1. The van der Waals surface area contributed by atoms with Gasteiger partial charge in [0.2, 0.25) is 5.91 Å². The monoisotopic (exact) mass is 443 g/mol. The Morgan fingerprint density at radius 2 is 1.81 bits per heavy atom. The standard InChI is InChI=1S/C23H29N3O4S/c1-4-13-24-22(27)20-6-5-14-26(20)23(28)18-9-11-19(12-10-18)25-31(29,30)21-15-16(2)7-8-17(21)3/h7-12,15,20,25H,4-6,13-14H2,1-3H3,(H,24,27)/t20-/m1/s1. The molecular formula is C23H29N3O4S. The maximum absolute atomic E-state index is 12.9. The zero-order valence-electron chi connectivity index (χ0n) is 18.1. The highest BCUT2D eigenvalue weighted by Gasteiger charge is 2.34. The molecule has 1 heterocycles. The average molecular weight is 444 g/mol. The van der Waals surface area contributed by atoms with Crippen LogP contribution in [0.3, 0.4) is 0 Å². The van der Waals surface area contributed by atoms with Crippen LogP contribution in [0.25, 0.3) is 0 Å². The van der Waals surface area contributed by atoms with Gasteiger partial charge in [0.05, 0.1) is 4.90 Å². The number of hydrogen-bond acceptors (Lipinski definition) is 4. The average Bonchev–Trinajstić information content (AvgIpc) is 3.23. The third-order valence-corrected chi connectivity index (χ3v) is 6.91. The molecule has 7 nitrogen and oxygen atoms in total. The highest BCUT2D eigenvalue weighted by atomic mass is 32.2. The highest BCUT2D eigenvalue weighted by molar-refractivity contribution is 7.92. The first-order valence-corrected chi connectivity index (χ1v) is 12.0. The lowest BCUT2D eigenvalue weighted by molar-refractivity contribution is -0.124. The van der Waals surface area contributed by atoms with Gasteiger partial charge in [0.15, 0.2) is 0 Å². The quantitative estimate of drug-likeness (QED) is 0.687. The van der Waals surface area contributed by atoms with E-state index in [0.717, 1.165) is 18.4 Å². The number of aryl methyl sites for hydroxylation is 2. The van der Waals surface area contributed by atoms with Gasteiger partial charge in [-0.05, 0) is 74.6 Å². The lowest BCUT2D eigenvalue weighted by atomic mass is 10.1. The van der Waals surface area contributed by atoms with E-state index >= 15 is 0 Å². The summed E-state index contributed by atoms with van der Waals surface area (Å²) < 4.78 is 28.1. The topological polar surface area (TPSA) is 95.6 Å². The highest BCUT2D eigenvalue weighted by Crippen LogP contribution is 2.23. The van der Waals surface area contributed by atoms with Crippen LogP contribution in [0.15, 0.2) is 47.4 Å². The van der Waals surface area contributed by atoms with Crippen LogP contribution >= 0.6 is 0 Å². The van der Waals surface area contributed by atoms with Crippen LogP contribution in [0.5, 0.6) is 0 Å². The number of hydrogen-bond donors (Lipinski definition) is 2. The van der Waals surface area contributed by atoms with E-state index in [0.29, 0.717) is 36.3 Å². The fourth-order valence-electron chi connectivity index (χ4n) is 3.70. The molecule has 1 aliphatic rings.